The highest BCUT2D eigenvalue weighted by Crippen LogP contribution is 2.30. The summed E-state index contributed by atoms with van der Waals surface area (Å²) in [6.45, 7) is 0. The summed E-state index contributed by atoms with van der Waals surface area (Å²) in [5, 5.41) is 17.6. The van der Waals surface area contributed by atoms with Crippen molar-refractivity contribution in [3.63, 3.8) is 0 Å². The Bertz CT molecular complexity index is 672. The minimum atomic E-state index is 0.0866. The Morgan fingerprint density at radius 2 is 2.10 bits per heavy atom. The number of hydrogen-bond acceptors (Lipinski definition) is 4. The van der Waals surface area contributed by atoms with Gasteiger partial charge in [0.05, 0.1) is 10.7 Å². The lowest BCUT2D eigenvalue weighted by atomic mass is 10.2. The van der Waals surface area contributed by atoms with Gasteiger partial charge in [0.1, 0.15) is 11.4 Å². The molecule has 0 atom stereocenters. The van der Waals surface area contributed by atoms with Gasteiger partial charge in [0.2, 0.25) is 0 Å². The molecular weight excluding hydrogens is 388 g/mol. The van der Waals surface area contributed by atoms with Gasteiger partial charge in [-0.2, -0.15) is 5.10 Å². The lowest BCUT2D eigenvalue weighted by Crippen LogP contribution is -2.14. The number of rotatable bonds is 3. The normalized spacial score (nSPS) is 12.0. The molecule has 0 spiro atoms. The van der Waals surface area contributed by atoms with Gasteiger partial charge in [0, 0.05) is 16.2 Å². The van der Waals surface area contributed by atoms with Crippen LogP contribution < -0.4 is 5.73 Å². The number of nitrogens with two attached hydrogens (primary N) is 1. The summed E-state index contributed by atoms with van der Waals surface area (Å²) in [5.74, 6) is 0.291. The summed E-state index contributed by atoms with van der Waals surface area (Å²) >= 11 is 6.57. The molecule has 0 fully saturated rings. The number of halogens is 2. The highest BCUT2D eigenvalue weighted by Gasteiger charge is 2.05. The van der Waals surface area contributed by atoms with E-state index < -0.39 is 0 Å². The van der Waals surface area contributed by atoms with Gasteiger partial charge < -0.3 is 10.8 Å². The number of nitrogens with zero attached hydrogens (tertiary/aromatic N) is 3. The van der Waals surface area contributed by atoms with Gasteiger partial charge in [0.25, 0.3) is 0 Å². The van der Waals surface area contributed by atoms with Crippen molar-refractivity contribution < 1.29 is 5.11 Å². The van der Waals surface area contributed by atoms with Gasteiger partial charge in [-0.25, -0.2) is 0 Å². The number of pyridine rings is 1. The van der Waals surface area contributed by atoms with Gasteiger partial charge in [-0.15, -0.1) is 5.10 Å². The highest BCUT2D eigenvalue weighted by molar-refractivity contribution is 9.11. The highest BCUT2D eigenvalue weighted by atomic mass is 79.9. The van der Waals surface area contributed by atoms with E-state index in [0.29, 0.717) is 15.7 Å². The number of aromatic hydroxyl groups is 1. The second kappa shape index (κ2) is 6.62. The van der Waals surface area contributed by atoms with E-state index in [9.17, 15) is 5.11 Å². The quantitative estimate of drug-likeness (QED) is 0.474. The minimum Gasteiger partial charge on any atom is -0.506 e. The summed E-state index contributed by atoms with van der Waals surface area (Å²) in [6, 6.07) is 8.79. The van der Waals surface area contributed by atoms with Crippen LogP contribution in [0.1, 0.15) is 11.3 Å². The summed E-state index contributed by atoms with van der Waals surface area (Å²) in [6.07, 6.45) is 3.04. The lowest BCUT2D eigenvalue weighted by Gasteiger charge is -2.02. The van der Waals surface area contributed by atoms with Crippen LogP contribution in [0.4, 0.5) is 0 Å². The zero-order valence-electron chi connectivity index (χ0n) is 10.2. The van der Waals surface area contributed by atoms with Crippen LogP contribution in [0.3, 0.4) is 0 Å². The first-order valence-corrected chi connectivity index (χ1v) is 7.12. The molecule has 0 saturated carbocycles. The number of amidine groups is 1. The number of benzene rings is 1. The minimum absolute atomic E-state index is 0.0866. The van der Waals surface area contributed by atoms with Crippen LogP contribution in [0.15, 0.2) is 55.7 Å². The van der Waals surface area contributed by atoms with Crippen LogP contribution in [0.2, 0.25) is 0 Å². The first-order valence-electron chi connectivity index (χ1n) is 5.54. The lowest BCUT2D eigenvalue weighted by molar-refractivity contribution is 0.471. The van der Waals surface area contributed by atoms with E-state index in [-0.39, 0.29) is 11.6 Å². The van der Waals surface area contributed by atoms with E-state index in [1.165, 1.54) is 6.21 Å². The number of aromatic nitrogens is 1. The molecule has 20 heavy (non-hydrogen) atoms. The Morgan fingerprint density at radius 1 is 1.30 bits per heavy atom. The molecule has 2 rings (SSSR count). The zero-order chi connectivity index (χ0) is 14.5. The summed E-state index contributed by atoms with van der Waals surface area (Å²) in [4.78, 5) is 4.06. The molecular formula is C13H10Br2N4O. The van der Waals surface area contributed by atoms with Gasteiger partial charge in [-0.1, -0.05) is 22.0 Å². The van der Waals surface area contributed by atoms with Crippen molar-refractivity contribution in [2.45, 2.75) is 0 Å². The molecule has 0 saturated heterocycles. The third kappa shape index (κ3) is 3.64. The molecule has 0 radical (unpaired) electrons. The molecule has 1 aromatic heterocycles. The molecule has 2 aromatic rings. The number of hydrogen-bond donors (Lipinski definition) is 2. The van der Waals surface area contributed by atoms with Crippen LogP contribution in [-0.4, -0.2) is 22.1 Å². The first kappa shape index (κ1) is 14.7. The Kier molecular flexibility index (Phi) is 4.86. The van der Waals surface area contributed by atoms with Crippen molar-refractivity contribution in [1.82, 2.24) is 4.98 Å². The van der Waals surface area contributed by atoms with Gasteiger partial charge >= 0.3 is 0 Å². The van der Waals surface area contributed by atoms with Crippen LogP contribution in [-0.2, 0) is 0 Å². The van der Waals surface area contributed by atoms with E-state index in [2.05, 4.69) is 47.0 Å². The SMILES string of the molecule is NC(=N/N=C/c1cc(Br)cc(Br)c1O)c1ccccn1. The van der Waals surface area contributed by atoms with Crippen LogP contribution in [0, 0.1) is 0 Å². The molecule has 0 aliphatic carbocycles. The van der Waals surface area contributed by atoms with E-state index in [1.54, 1.807) is 30.5 Å². The molecule has 102 valence electrons. The van der Waals surface area contributed by atoms with Gasteiger partial charge in [-0.3, -0.25) is 4.98 Å². The Balaban J connectivity index is 2.23. The standard InChI is InChI=1S/C13H10Br2N4O/c14-9-5-8(12(20)10(15)6-9)7-18-19-13(16)11-3-1-2-4-17-11/h1-7,20H,(H2,16,19)/b18-7+. The van der Waals surface area contributed by atoms with Crippen molar-refractivity contribution in [3.8, 4) is 5.75 Å². The fraction of sp³-hybridized carbons (Fsp3) is 0. The Morgan fingerprint density at radius 3 is 2.80 bits per heavy atom. The third-order valence-electron chi connectivity index (χ3n) is 2.35. The second-order valence-electron chi connectivity index (χ2n) is 3.77. The zero-order valence-corrected chi connectivity index (χ0v) is 13.3. The number of phenolic OH excluding ortho intramolecular Hbond substituents is 1. The second-order valence-corrected chi connectivity index (χ2v) is 5.54. The molecule has 0 aliphatic heterocycles. The largest absolute Gasteiger partial charge is 0.506 e. The first-order chi connectivity index (χ1) is 9.58. The molecule has 0 unspecified atom stereocenters. The fourth-order valence-corrected chi connectivity index (χ4v) is 2.66. The Hall–Kier alpha value is -1.73. The number of phenols is 1. The van der Waals surface area contributed by atoms with Gasteiger partial charge in [0.15, 0.2) is 5.84 Å². The fourth-order valence-electron chi connectivity index (χ4n) is 1.40. The van der Waals surface area contributed by atoms with Crippen molar-refractivity contribution >= 4 is 43.9 Å². The third-order valence-corrected chi connectivity index (χ3v) is 3.41. The van der Waals surface area contributed by atoms with Crippen molar-refractivity contribution in [2.24, 2.45) is 15.9 Å². The van der Waals surface area contributed by atoms with Crippen molar-refractivity contribution in [3.05, 3.63) is 56.7 Å². The van der Waals surface area contributed by atoms with E-state index in [4.69, 9.17) is 5.73 Å². The van der Waals surface area contributed by atoms with Crippen molar-refractivity contribution in [1.29, 1.82) is 0 Å². The maximum atomic E-state index is 9.85. The molecule has 5 nitrogen and oxygen atoms in total. The van der Waals surface area contributed by atoms with Gasteiger partial charge in [-0.05, 0) is 40.2 Å². The summed E-state index contributed by atoms with van der Waals surface area (Å²) < 4.78 is 1.38. The molecule has 7 heteroatoms. The molecule has 3 N–H and O–H groups in total. The molecule has 0 bridgehead atoms. The maximum Gasteiger partial charge on any atom is 0.171 e. The van der Waals surface area contributed by atoms with Crippen molar-refractivity contribution in [2.75, 3.05) is 0 Å². The summed E-state index contributed by atoms with van der Waals surface area (Å²) in [5.41, 5.74) is 6.81. The topological polar surface area (TPSA) is 83.9 Å². The smallest absolute Gasteiger partial charge is 0.171 e. The average molecular weight is 398 g/mol. The average Bonchev–Trinajstić information content (AvgIpc) is 2.44. The van der Waals surface area contributed by atoms with E-state index in [0.717, 1.165) is 4.47 Å². The predicted molar refractivity (Wildman–Crippen MR) is 86.1 cm³/mol. The van der Waals surface area contributed by atoms with Crippen LogP contribution >= 0.6 is 31.9 Å². The monoisotopic (exact) mass is 396 g/mol. The van der Waals surface area contributed by atoms with E-state index >= 15 is 0 Å². The van der Waals surface area contributed by atoms with E-state index in [1.807, 2.05) is 6.07 Å². The molecule has 0 aliphatic rings. The predicted octanol–water partition coefficient (Wildman–Crippen LogP) is 3.05. The maximum absolute atomic E-state index is 9.85. The Labute approximate surface area is 132 Å². The van der Waals surface area contributed by atoms with Crippen LogP contribution in [0.5, 0.6) is 5.75 Å². The molecule has 0 amide bonds. The summed E-state index contributed by atoms with van der Waals surface area (Å²) in [7, 11) is 0. The molecule has 1 aromatic carbocycles. The van der Waals surface area contributed by atoms with Crippen LogP contribution in [0.25, 0.3) is 0 Å². The molecule has 1 heterocycles.